The van der Waals surface area contributed by atoms with E-state index in [9.17, 15) is 9.90 Å². The fourth-order valence-corrected chi connectivity index (χ4v) is 2.91. The van der Waals surface area contributed by atoms with E-state index >= 15 is 0 Å². The monoisotopic (exact) mass is 347 g/mol. The maximum absolute atomic E-state index is 12.5. The molecule has 9 nitrogen and oxygen atoms in total. The zero-order valence-corrected chi connectivity index (χ0v) is 13.3. The van der Waals surface area contributed by atoms with Crippen molar-refractivity contribution in [3.8, 4) is 11.5 Å². The predicted octanol–water partition coefficient (Wildman–Crippen LogP) is 1.81. The van der Waals surface area contributed by atoms with Gasteiger partial charge in [-0.1, -0.05) is 6.07 Å². The van der Waals surface area contributed by atoms with Crippen LogP contribution in [0.4, 0.5) is 11.6 Å². The van der Waals surface area contributed by atoms with Crippen LogP contribution in [0.5, 0.6) is 11.5 Å². The predicted molar refractivity (Wildman–Crippen MR) is 88.8 cm³/mol. The van der Waals surface area contributed by atoms with Crippen LogP contribution in [-0.4, -0.2) is 33.1 Å². The number of aromatic hydroxyl groups is 1. The van der Waals surface area contributed by atoms with Gasteiger partial charge in [-0.15, -0.1) is 0 Å². The third-order valence-electron chi connectivity index (χ3n) is 3.11. The Balaban J connectivity index is 1.92. The van der Waals surface area contributed by atoms with Gasteiger partial charge in [0.25, 0.3) is 5.91 Å². The number of carbonyl (C=O) groups excluding carboxylic acids is 1. The van der Waals surface area contributed by atoms with Crippen LogP contribution in [0.25, 0.3) is 6.08 Å². The van der Waals surface area contributed by atoms with Crippen LogP contribution in [-0.2, 0) is 4.79 Å². The molecule has 124 valence electrons. The van der Waals surface area contributed by atoms with Crippen molar-refractivity contribution >= 4 is 40.5 Å². The average Bonchev–Trinajstić information content (AvgIpc) is 3.07. The van der Waals surface area contributed by atoms with E-state index in [2.05, 4.69) is 14.9 Å². The van der Waals surface area contributed by atoms with Crippen molar-refractivity contribution in [3.05, 3.63) is 28.7 Å². The van der Waals surface area contributed by atoms with E-state index in [1.165, 1.54) is 6.07 Å². The second-order valence-corrected chi connectivity index (χ2v) is 5.72. The van der Waals surface area contributed by atoms with Crippen LogP contribution < -0.4 is 15.4 Å². The number of hydrogen-bond donors (Lipinski definition) is 3. The van der Waals surface area contributed by atoms with Crippen LogP contribution >= 0.6 is 11.8 Å². The highest BCUT2D eigenvalue weighted by atomic mass is 32.2. The molecule has 1 saturated heterocycles. The van der Waals surface area contributed by atoms with Gasteiger partial charge in [-0.25, -0.2) is 9.53 Å². The molecule has 4 N–H and O–H groups in total. The number of thioether (sulfide) groups is 1. The highest BCUT2D eigenvalue weighted by Gasteiger charge is 2.37. The number of phenolic OH excluding ortho intramolecular Hbond substituents is 1. The highest BCUT2D eigenvalue weighted by Crippen LogP contribution is 2.37. The summed E-state index contributed by atoms with van der Waals surface area (Å²) in [5.41, 5.74) is 6.23. The van der Waals surface area contributed by atoms with Crippen LogP contribution in [0.3, 0.4) is 0 Å². The number of nitrogens with one attached hydrogen (secondary N) is 1. The molecule has 2 aromatic rings. The summed E-state index contributed by atoms with van der Waals surface area (Å²) in [6, 6.07) is 4.72. The molecular weight excluding hydrogens is 334 g/mol. The molecule has 0 radical (unpaired) electrons. The maximum atomic E-state index is 12.5. The van der Waals surface area contributed by atoms with E-state index in [1.54, 1.807) is 25.1 Å². The molecule has 1 aliphatic rings. The van der Waals surface area contributed by atoms with Crippen molar-refractivity contribution in [2.45, 2.75) is 6.92 Å². The molecule has 10 heteroatoms. The van der Waals surface area contributed by atoms with Gasteiger partial charge in [0, 0.05) is 0 Å². The van der Waals surface area contributed by atoms with Crippen LogP contribution in [0.15, 0.2) is 27.7 Å². The number of amidine groups is 1. The fourth-order valence-electron chi connectivity index (χ4n) is 2.07. The molecule has 0 unspecified atom stereocenters. The Labute approximate surface area is 140 Å². The minimum atomic E-state index is -0.460. The number of carbonyl (C=O) groups is 1. The van der Waals surface area contributed by atoms with E-state index in [1.807, 2.05) is 0 Å². The number of phenols is 1. The van der Waals surface area contributed by atoms with E-state index in [4.69, 9.17) is 15.9 Å². The standard InChI is InChI=1S/C14H13N5O4S/c1-2-22-9-5-7(3-4-8(9)20)6-10-13(21)19(14(16)24-10)12-11(15)17-23-18-12/h3-6,16,20H,2H2,1H3,(H2,15,17)/b10-6-,16-14?. The van der Waals surface area contributed by atoms with E-state index in [-0.39, 0.29) is 22.6 Å². The van der Waals surface area contributed by atoms with Crippen molar-refractivity contribution in [2.75, 3.05) is 17.2 Å². The summed E-state index contributed by atoms with van der Waals surface area (Å²) in [5.74, 6) is -0.211. The van der Waals surface area contributed by atoms with Gasteiger partial charge in [0.1, 0.15) is 0 Å². The van der Waals surface area contributed by atoms with Gasteiger partial charge in [0.15, 0.2) is 16.7 Å². The Kier molecular flexibility index (Phi) is 4.13. The summed E-state index contributed by atoms with van der Waals surface area (Å²) in [6.07, 6.45) is 1.59. The topological polar surface area (TPSA) is 139 Å². The lowest BCUT2D eigenvalue weighted by molar-refractivity contribution is -0.113. The Bertz CT molecular complexity index is 847. The van der Waals surface area contributed by atoms with Gasteiger partial charge in [0.05, 0.1) is 11.5 Å². The number of nitrogens with zero attached hydrogens (tertiary/aromatic N) is 3. The SMILES string of the molecule is CCOc1cc(/C=C2\SC(=N)N(c3nonc3N)C2=O)ccc1O. The lowest BCUT2D eigenvalue weighted by Gasteiger charge is -2.09. The number of benzene rings is 1. The first-order valence-electron chi connectivity index (χ1n) is 6.87. The first kappa shape index (κ1) is 15.9. The molecule has 0 saturated carbocycles. The van der Waals surface area contributed by atoms with E-state index in [0.29, 0.717) is 22.8 Å². The summed E-state index contributed by atoms with van der Waals surface area (Å²) in [6.45, 7) is 2.20. The molecule has 0 aliphatic carbocycles. The van der Waals surface area contributed by atoms with Crippen LogP contribution in [0, 0.1) is 5.41 Å². The fraction of sp³-hybridized carbons (Fsp3) is 0.143. The van der Waals surface area contributed by atoms with Gasteiger partial charge in [-0.2, -0.15) is 0 Å². The molecule has 24 heavy (non-hydrogen) atoms. The molecular formula is C14H13N5O4S. The Morgan fingerprint density at radius 2 is 2.29 bits per heavy atom. The minimum absolute atomic E-state index is 0.0124. The van der Waals surface area contributed by atoms with Crippen molar-refractivity contribution in [3.63, 3.8) is 0 Å². The molecule has 1 aromatic carbocycles. The lowest BCUT2D eigenvalue weighted by atomic mass is 10.2. The smallest absolute Gasteiger partial charge is 0.272 e. The molecule has 1 aromatic heterocycles. The van der Waals surface area contributed by atoms with Crippen LogP contribution in [0.1, 0.15) is 12.5 Å². The van der Waals surface area contributed by atoms with E-state index < -0.39 is 5.91 Å². The highest BCUT2D eigenvalue weighted by molar-refractivity contribution is 8.19. The van der Waals surface area contributed by atoms with Gasteiger partial charge in [-0.05, 0) is 52.8 Å². The number of anilines is 2. The average molecular weight is 347 g/mol. The normalized spacial score (nSPS) is 16.2. The molecule has 2 heterocycles. The first-order chi connectivity index (χ1) is 11.5. The lowest BCUT2D eigenvalue weighted by Crippen LogP contribution is -2.29. The quantitative estimate of drug-likeness (QED) is 0.712. The number of rotatable bonds is 4. The van der Waals surface area contributed by atoms with Gasteiger partial charge >= 0.3 is 0 Å². The molecule has 3 rings (SSSR count). The minimum Gasteiger partial charge on any atom is -0.504 e. The molecule has 0 atom stereocenters. The van der Waals surface area contributed by atoms with Crippen molar-refractivity contribution < 1.29 is 19.3 Å². The first-order valence-corrected chi connectivity index (χ1v) is 7.69. The number of nitrogens with two attached hydrogens (primary N) is 1. The molecule has 1 amide bonds. The third kappa shape index (κ3) is 2.78. The van der Waals surface area contributed by atoms with E-state index in [0.717, 1.165) is 16.7 Å². The van der Waals surface area contributed by atoms with Gasteiger partial charge in [-0.3, -0.25) is 10.2 Å². The summed E-state index contributed by atoms with van der Waals surface area (Å²) < 4.78 is 9.79. The second-order valence-electron chi connectivity index (χ2n) is 4.69. The largest absolute Gasteiger partial charge is 0.504 e. The zero-order chi connectivity index (χ0) is 17.3. The summed E-state index contributed by atoms with van der Waals surface area (Å²) in [4.78, 5) is 13.8. The third-order valence-corrected chi connectivity index (χ3v) is 4.00. The maximum Gasteiger partial charge on any atom is 0.272 e. The Hall–Kier alpha value is -3.01. The molecule has 0 bridgehead atoms. The summed E-state index contributed by atoms with van der Waals surface area (Å²) in [5, 5.41) is 24.6. The number of ether oxygens (including phenoxy) is 1. The molecule has 0 spiro atoms. The molecule has 1 fully saturated rings. The molecule has 1 aliphatic heterocycles. The Morgan fingerprint density at radius 3 is 2.96 bits per heavy atom. The summed E-state index contributed by atoms with van der Waals surface area (Å²) >= 11 is 0.959. The van der Waals surface area contributed by atoms with Gasteiger partial charge < -0.3 is 15.6 Å². The zero-order valence-electron chi connectivity index (χ0n) is 12.5. The van der Waals surface area contributed by atoms with Crippen molar-refractivity contribution in [1.29, 1.82) is 5.41 Å². The Morgan fingerprint density at radius 1 is 1.50 bits per heavy atom. The summed E-state index contributed by atoms with van der Waals surface area (Å²) in [7, 11) is 0. The van der Waals surface area contributed by atoms with Gasteiger partial charge in [0.2, 0.25) is 11.6 Å². The number of aromatic nitrogens is 2. The number of nitrogen functional groups attached to an aromatic ring is 1. The van der Waals surface area contributed by atoms with Crippen molar-refractivity contribution in [1.82, 2.24) is 10.3 Å². The van der Waals surface area contributed by atoms with Crippen LogP contribution in [0.2, 0.25) is 0 Å². The second kappa shape index (κ2) is 6.24. The number of hydrogen-bond acceptors (Lipinski definition) is 9. The van der Waals surface area contributed by atoms with Crippen molar-refractivity contribution in [2.24, 2.45) is 0 Å². The number of amides is 1.